The quantitative estimate of drug-likeness (QED) is 0.663. The summed E-state index contributed by atoms with van der Waals surface area (Å²) in [7, 11) is -1.05. The van der Waals surface area contributed by atoms with Crippen molar-refractivity contribution < 1.29 is 4.79 Å². The van der Waals surface area contributed by atoms with E-state index < -0.39 is 13.4 Å². The van der Waals surface area contributed by atoms with Crippen LogP contribution in [-0.2, 0) is 10.1 Å². The molecule has 3 aliphatic rings. The van der Waals surface area contributed by atoms with Gasteiger partial charge in [-0.15, -0.1) is 0 Å². The van der Waals surface area contributed by atoms with Gasteiger partial charge in [-0.25, -0.2) is 4.78 Å². The molecule has 5 rings (SSSR count). The Bertz CT molecular complexity index is 906. The van der Waals surface area contributed by atoms with E-state index in [1.165, 1.54) is 11.1 Å². The van der Waals surface area contributed by atoms with Gasteiger partial charge >= 0.3 is 0 Å². The first-order chi connectivity index (χ1) is 11.6. The summed E-state index contributed by atoms with van der Waals surface area (Å²) in [5, 5.41) is 13.3. The van der Waals surface area contributed by atoms with Gasteiger partial charge in [0.25, 0.3) is 0 Å². The molecule has 1 amide bonds. The van der Waals surface area contributed by atoms with Crippen LogP contribution in [-0.4, -0.2) is 22.2 Å². The molecule has 6 heteroatoms. The molecule has 2 aliphatic heterocycles. The highest BCUT2D eigenvalue weighted by Gasteiger charge is 2.61. The molecule has 2 unspecified atom stereocenters. The SMILES string of the molecule is CC(=O)N1N=C(C)C2N=NC3(c4ccccc4-c4ccccc43)P21. The predicted octanol–water partition coefficient (Wildman–Crippen LogP) is 4.29. The second-order valence-corrected chi connectivity index (χ2v) is 8.45. The van der Waals surface area contributed by atoms with Crippen LogP contribution in [0.4, 0.5) is 0 Å². The minimum atomic E-state index is -1.05. The van der Waals surface area contributed by atoms with Crippen molar-refractivity contribution in [3.8, 4) is 11.1 Å². The molecule has 1 aliphatic carbocycles. The summed E-state index contributed by atoms with van der Waals surface area (Å²) in [6.45, 7) is 3.51. The van der Waals surface area contributed by atoms with Crippen LogP contribution in [0, 0.1) is 0 Å². The highest BCUT2D eigenvalue weighted by molar-refractivity contribution is 7.60. The Balaban J connectivity index is 1.83. The first-order valence-corrected chi connectivity index (χ1v) is 9.27. The fraction of sp³-hybridized carbons (Fsp3) is 0.222. The van der Waals surface area contributed by atoms with Crippen molar-refractivity contribution in [2.24, 2.45) is 15.3 Å². The molecule has 0 aromatic heterocycles. The van der Waals surface area contributed by atoms with E-state index in [0.717, 1.165) is 16.8 Å². The number of nitrogens with zero attached hydrogens (tertiary/aromatic N) is 4. The number of benzene rings is 2. The monoisotopic (exact) mass is 334 g/mol. The van der Waals surface area contributed by atoms with Crippen LogP contribution >= 0.6 is 8.07 Å². The van der Waals surface area contributed by atoms with E-state index in [0.29, 0.717) is 0 Å². The second-order valence-electron chi connectivity index (χ2n) is 6.25. The summed E-state index contributed by atoms with van der Waals surface area (Å²) in [6.07, 6.45) is 0. The zero-order valence-electron chi connectivity index (χ0n) is 13.3. The molecule has 0 saturated heterocycles. The summed E-state index contributed by atoms with van der Waals surface area (Å²) in [5.41, 5.74) is 5.52. The van der Waals surface area contributed by atoms with Crippen molar-refractivity contribution in [3.63, 3.8) is 0 Å². The van der Waals surface area contributed by atoms with Gasteiger partial charge in [-0.2, -0.15) is 15.3 Å². The molecule has 1 spiro atoms. The average Bonchev–Trinajstić information content (AvgIpc) is 3.23. The van der Waals surface area contributed by atoms with Crippen LogP contribution in [0.5, 0.6) is 0 Å². The van der Waals surface area contributed by atoms with Gasteiger partial charge in [0.15, 0.2) is 11.1 Å². The number of hydrogen-bond donors (Lipinski definition) is 0. The topological polar surface area (TPSA) is 57.4 Å². The third-order valence-corrected chi connectivity index (χ3v) is 7.84. The normalized spacial score (nSPS) is 24.8. The van der Waals surface area contributed by atoms with Gasteiger partial charge in [0.05, 0.1) is 13.8 Å². The highest BCUT2D eigenvalue weighted by Crippen LogP contribution is 2.75. The smallest absolute Gasteiger partial charge is 0.243 e. The van der Waals surface area contributed by atoms with E-state index in [4.69, 9.17) is 5.11 Å². The van der Waals surface area contributed by atoms with Crippen LogP contribution in [0.1, 0.15) is 25.0 Å². The average molecular weight is 334 g/mol. The fourth-order valence-electron chi connectivity index (χ4n) is 3.93. The van der Waals surface area contributed by atoms with Crippen molar-refractivity contribution in [3.05, 3.63) is 59.7 Å². The molecule has 0 bridgehead atoms. The molecule has 2 heterocycles. The number of hydrogen-bond acceptors (Lipinski definition) is 4. The van der Waals surface area contributed by atoms with E-state index >= 15 is 0 Å². The summed E-state index contributed by atoms with van der Waals surface area (Å²) >= 11 is 0. The molecule has 0 fully saturated rings. The Kier molecular flexibility index (Phi) is 2.67. The first kappa shape index (κ1) is 14.0. The van der Waals surface area contributed by atoms with Gasteiger partial charge in [-0.3, -0.25) is 4.79 Å². The van der Waals surface area contributed by atoms with Crippen LogP contribution in [0.25, 0.3) is 11.1 Å². The third kappa shape index (κ3) is 1.49. The molecule has 0 N–H and O–H groups in total. The van der Waals surface area contributed by atoms with Gasteiger partial charge in [0.2, 0.25) is 5.91 Å². The molecule has 2 aromatic rings. The van der Waals surface area contributed by atoms with E-state index in [1.54, 1.807) is 11.7 Å². The second kappa shape index (κ2) is 4.58. The van der Waals surface area contributed by atoms with Crippen LogP contribution in [0.2, 0.25) is 0 Å². The molecule has 24 heavy (non-hydrogen) atoms. The molecular weight excluding hydrogens is 319 g/mol. The van der Waals surface area contributed by atoms with Crippen LogP contribution in [0.15, 0.2) is 63.9 Å². The molecule has 0 saturated carbocycles. The zero-order valence-corrected chi connectivity index (χ0v) is 14.2. The van der Waals surface area contributed by atoms with E-state index in [-0.39, 0.29) is 11.7 Å². The minimum Gasteiger partial charge on any atom is -0.273 e. The van der Waals surface area contributed by atoms with Crippen molar-refractivity contribution in [1.82, 2.24) is 4.78 Å². The Hall–Kier alpha value is -2.39. The minimum absolute atomic E-state index is 0.0449. The van der Waals surface area contributed by atoms with Crippen molar-refractivity contribution in [2.45, 2.75) is 24.9 Å². The number of azo groups is 1. The highest BCUT2D eigenvalue weighted by atomic mass is 31.1. The van der Waals surface area contributed by atoms with Gasteiger partial charge in [-0.1, -0.05) is 48.5 Å². The maximum absolute atomic E-state index is 12.2. The predicted molar refractivity (Wildman–Crippen MR) is 93.9 cm³/mol. The summed E-state index contributed by atoms with van der Waals surface area (Å²) < 4.78 is 1.65. The number of rotatable bonds is 0. The van der Waals surface area contributed by atoms with Crippen molar-refractivity contribution >= 4 is 19.7 Å². The standard InChI is InChI=1S/C18H15N4OP/c1-11-17-19-21-18(24(17)22(20-11)12(2)23)15-9-5-3-7-13(15)14-8-4-6-10-16(14)18/h3-10,17H,1-2H3. The lowest BCUT2D eigenvalue weighted by Gasteiger charge is -2.33. The van der Waals surface area contributed by atoms with E-state index in [9.17, 15) is 4.79 Å². The number of carbonyl (C=O) groups excluding carboxylic acids is 1. The Morgan fingerprint density at radius 1 is 1.08 bits per heavy atom. The number of amides is 1. The summed E-state index contributed by atoms with van der Waals surface area (Å²) in [4.78, 5) is 12.2. The molecule has 5 nitrogen and oxygen atoms in total. The Morgan fingerprint density at radius 3 is 2.25 bits per heavy atom. The van der Waals surface area contributed by atoms with Gasteiger partial charge in [-0.05, 0) is 29.2 Å². The third-order valence-electron chi connectivity index (χ3n) is 4.88. The number of carbonyl (C=O) groups is 1. The summed E-state index contributed by atoms with van der Waals surface area (Å²) in [5.74, 6) is -0.153. The molecule has 118 valence electrons. The maximum Gasteiger partial charge on any atom is 0.243 e. The number of hydrazone groups is 1. The van der Waals surface area contributed by atoms with E-state index in [2.05, 4.69) is 34.5 Å². The first-order valence-electron chi connectivity index (χ1n) is 7.91. The molecule has 2 atom stereocenters. The largest absolute Gasteiger partial charge is 0.273 e. The van der Waals surface area contributed by atoms with Gasteiger partial charge in [0, 0.05) is 6.92 Å². The van der Waals surface area contributed by atoms with Gasteiger partial charge in [0.1, 0.15) is 0 Å². The van der Waals surface area contributed by atoms with Crippen LogP contribution in [0.3, 0.4) is 0 Å². The van der Waals surface area contributed by atoms with E-state index in [1.807, 2.05) is 31.2 Å². The molecular formula is C18H15N4OP. The lowest BCUT2D eigenvalue weighted by Crippen LogP contribution is -2.28. The molecule has 0 radical (unpaired) electrons. The summed E-state index contributed by atoms with van der Waals surface area (Å²) in [6, 6.07) is 16.6. The Labute approximate surface area is 140 Å². The van der Waals surface area contributed by atoms with Crippen molar-refractivity contribution in [2.75, 3.05) is 0 Å². The zero-order chi connectivity index (χ0) is 16.5. The molecule has 2 aromatic carbocycles. The lowest BCUT2D eigenvalue weighted by molar-refractivity contribution is -0.124. The van der Waals surface area contributed by atoms with Crippen LogP contribution < -0.4 is 0 Å². The lowest BCUT2D eigenvalue weighted by atomic mass is 10.1. The maximum atomic E-state index is 12.2. The number of fused-ring (bicyclic) bond motifs is 7. The van der Waals surface area contributed by atoms with Crippen molar-refractivity contribution in [1.29, 1.82) is 0 Å². The Morgan fingerprint density at radius 2 is 1.67 bits per heavy atom. The van der Waals surface area contributed by atoms with Gasteiger partial charge < -0.3 is 0 Å². The fourth-order valence-corrected chi connectivity index (χ4v) is 6.88.